The van der Waals surface area contributed by atoms with Crippen LogP contribution in [-0.4, -0.2) is 0 Å². The number of halogens is 2. The van der Waals surface area contributed by atoms with Gasteiger partial charge in [0, 0.05) is 10.5 Å². The Morgan fingerprint density at radius 2 is 2.23 bits per heavy atom. The third-order valence-corrected chi connectivity index (χ3v) is 3.89. The minimum Gasteiger partial charge on any atom is -0.324 e. The molecule has 1 nitrogen and oxygen atoms in total. The topological polar surface area (TPSA) is 26.0 Å². The summed E-state index contributed by atoms with van der Waals surface area (Å²) in [5, 5.41) is 0.840. The lowest BCUT2D eigenvalue weighted by molar-refractivity contribution is 0.570. The summed E-state index contributed by atoms with van der Waals surface area (Å²) >= 11 is 9.60. The van der Waals surface area contributed by atoms with Crippen LogP contribution in [0, 0.1) is 0 Å². The molecule has 0 spiro atoms. The Bertz CT molecular complexity index is 338. The van der Waals surface area contributed by atoms with Gasteiger partial charge in [-0.1, -0.05) is 17.7 Å². The van der Waals surface area contributed by atoms with Crippen molar-refractivity contribution in [2.75, 3.05) is 0 Å². The van der Waals surface area contributed by atoms with Crippen LogP contribution in [0.25, 0.3) is 0 Å². The average Bonchev–Trinajstić information content (AvgIpc) is 2.12. The van der Waals surface area contributed by atoms with Gasteiger partial charge < -0.3 is 5.73 Å². The van der Waals surface area contributed by atoms with Crippen LogP contribution in [0.1, 0.15) is 30.0 Å². The molecule has 3 heteroatoms. The van der Waals surface area contributed by atoms with E-state index in [1.54, 1.807) is 0 Å². The van der Waals surface area contributed by atoms with Gasteiger partial charge in [0.15, 0.2) is 0 Å². The molecule has 1 aliphatic carbocycles. The number of hydrogen-bond acceptors (Lipinski definition) is 1. The van der Waals surface area contributed by atoms with Crippen molar-refractivity contribution in [2.45, 2.75) is 25.3 Å². The van der Waals surface area contributed by atoms with Gasteiger partial charge in [0.2, 0.25) is 0 Å². The van der Waals surface area contributed by atoms with E-state index < -0.39 is 0 Å². The summed E-state index contributed by atoms with van der Waals surface area (Å²) in [6.45, 7) is 0. The maximum Gasteiger partial charge on any atom is 0.0583 e. The Hall–Kier alpha value is -0.0500. The predicted molar refractivity (Wildman–Crippen MR) is 59.0 cm³/mol. The van der Waals surface area contributed by atoms with Crippen LogP contribution in [0.2, 0.25) is 5.02 Å². The standard InChI is InChI=1S/C10H11BrClN/c11-8-5-4-6-7(10(8)12)2-1-3-9(6)13/h4-5,9H,1-3,13H2. The summed E-state index contributed by atoms with van der Waals surface area (Å²) in [6, 6.07) is 4.23. The highest BCUT2D eigenvalue weighted by molar-refractivity contribution is 9.10. The van der Waals surface area contributed by atoms with Crippen LogP contribution < -0.4 is 5.73 Å². The van der Waals surface area contributed by atoms with Crippen molar-refractivity contribution in [1.29, 1.82) is 0 Å². The summed E-state index contributed by atoms with van der Waals surface area (Å²) in [6.07, 6.45) is 3.27. The van der Waals surface area contributed by atoms with E-state index in [2.05, 4.69) is 22.0 Å². The van der Waals surface area contributed by atoms with Crippen LogP contribution in [0.15, 0.2) is 16.6 Å². The minimum absolute atomic E-state index is 0.175. The fraction of sp³-hybridized carbons (Fsp3) is 0.400. The fourth-order valence-electron chi connectivity index (χ4n) is 1.86. The molecule has 0 bridgehead atoms. The summed E-state index contributed by atoms with van der Waals surface area (Å²) in [5.74, 6) is 0. The van der Waals surface area contributed by atoms with Crippen molar-refractivity contribution in [2.24, 2.45) is 5.73 Å². The van der Waals surface area contributed by atoms with Crippen molar-refractivity contribution >= 4 is 27.5 Å². The first-order chi connectivity index (χ1) is 6.20. The second kappa shape index (κ2) is 3.60. The van der Waals surface area contributed by atoms with E-state index in [1.165, 1.54) is 11.1 Å². The van der Waals surface area contributed by atoms with Crippen LogP contribution in [-0.2, 0) is 6.42 Å². The Balaban J connectivity index is 2.56. The molecule has 0 heterocycles. The van der Waals surface area contributed by atoms with Gasteiger partial charge in [-0.3, -0.25) is 0 Å². The van der Waals surface area contributed by atoms with Gasteiger partial charge in [-0.05, 0) is 52.4 Å². The van der Waals surface area contributed by atoms with E-state index in [4.69, 9.17) is 17.3 Å². The van der Waals surface area contributed by atoms with Crippen molar-refractivity contribution < 1.29 is 0 Å². The molecule has 0 fully saturated rings. The zero-order valence-corrected chi connectivity index (χ0v) is 9.53. The molecule has 0 saturated carbocycles. The number of fused-ring (bicyclic) bond motifs is 1. The molecule has 0 amide bonds. The molecule has 1 atom stereocenters. The van der Waals surface area contributed by atoms with E-state index in [9.17, 15) is 0 Å². The summed E-state index contributed by atoms with van der Waals surface area (Å²) < 4.78 is 0.974. The SMILES string of the molecule is NC1CCCc2c1ccc(Br)c2Cl. The van der Waals surface area contributed by atoms with Gasteiger partial charge >= 0.3 is 0 Å². The number of rotatable bonds is 0. The van der Waals surface area contributed by atoms with Crippen LogP contribution in [0.3, 0.4) is 0 Å². The maximum absolute atomic E-state index is 6.17. The summed E-state index contributed by atoms with van der Waals surface area (Å²) in [4.78, 5) is 0. The molecule has 1 aromatic carbocycles. The molecule has 0 aliphatic heterocycles. The Labute approximate surface area is 91.4 Å². The third-order valence-electron chi connectivity index (χ3n) is 2.57. The molecular weight excluding hydrogens is 249 g/mol. The Morgan fingerprint density at radius 3 is 3.00 bits per heavy atom. The van der Waals surface area contributed by atoms with Gasteiger partial charge in [-0.2, -0.15) is 0 Å². The number of benzene rings is 1. The van der Waals surface area contributed by atoms with Crippen molar-refractivity contribution in [3.63, 3.8) is 0 Å². The van der Waals surface area contributed by atoms with E-state index in [0.29, 0.717) is 0 Å². The zero-order chi connectivity index (χ0) is 9.42. The second-order valence-electron chi connectivity index (χ2n) is 3.43. The lowest BCUT2D eigenvalue weighted by Crippen LogP contribution is -2.17. The molecule has 13 heavy (non-hydrogen) atoms. The lowest BCUT2D eigenvalue weighted by atomic mass is 9.88. The van der Waals surface area contributed by atoms with Crippen LogP contribution >= 0.6 is 27.5 Å². The fourth-order valence-corrected chi connectivity index (χ4v) is 2.50. The second-order valence-corrected chi connectivity index (χ2v) is 4.66. The summed E-state index contributed by atoms with van der Waals surface area (Å²) in [5.41, 5.74) is 8.44. The highest BCUT2D eigenvalue weighted by atomic mass is 79.9. The molecule has 0 radical (unpaired) electrons. The lowest BCUT2D eigenvalue weighted by Gasteiger charge is -2.23. The molecule has 2 rings (SSSR count). The highest BCUT2D eigenvalue weighted by Gasteiger charge is 2.19. The smallest absolute Gasteiger partial charge is 0.0583 e. The third kappa shape index (κ3) is 1.63. The first-order valence-electron chi connectivity index (χ1n) is 4.42. The largest absolute Gasteiger partial charge is 0.324 e. The first kappa shape index (κ1) is 9.50. The normalized spacial score (nSPS) is 21.3. The molecule has 0 saturated heterocycles. The van der Waals surface area contributed by atoms with Crippen LogP contribution in [0.5, 0.6) is 0 Å². The van der Waals surface area contributed by atoms with Gasteiger partial charge in [-0.25, -0.2) is 0 Å². The van der Waals surface area contributed by atoms with Crippen molar-refractivity contribution in [3.05, 3.63) is 32.8 Å². The van der Waals surface area contributed by atoms with E-state index >= 15 is 0 Å². The first-order valence-corrected chi connectivity index (χ1v) is 5.59. The van der Waals surface area contributed by atoms with Gasteiger partial charge in [0.05, 0.1) is 5.02 Å². The Kier molecular flexibility index (Phi) is 2.63. The molecule has 1 aromatic rings. The zero-order valence-electron chi connectivity index (χ0n) is 7.19. The predicted octanol–water partition coefficient (Wildman–Crippen LogP) is 3.44. The van der Waals surface area contributed by atoms with Crippen LogP contribution in [0.4, 0.5) is 0 Å². The molecule has 70 valence electrons. The van der Waals surface area contributed by atoms with Crippen molar-refractivity contribution in [1.82, 2.24) is 0 Å². The van der Waals surface area contributed by atoms with E-state index in [1.807, 2.05) is 6.07 Å². The quantitative estimate of drug-likeness (QED) is 0.760. The molecular formula is C10H11BrClN. The average molecular weight is 261 g/mol. The Morgan fingerprint density at radius 1 is 1.46 bits per heavy atom. The molecule has 2 N–H and O–H groups in total. The molecule has 0 aromatic heterocycles. The van der Waals surface area contributed by atoms with Gasteiger partial charge in [0.25, 0.3) is 0 Å². The minimum atomic E-state index is 0.175. The number of hydrogen-bond donors (Lipinski definition) is 1. The molecule has 1 unspecified atom stereocenters. The summed E-state index contributed by atoms with van der Waals surface area (Å²) in [7, 11) is 0. The number of nitrogens with two attached hydrogens (primary N) is 1. The highest BCUT2D eigenvalue weighted by Crippen LogP contribution is 2.36. The van der Waals surface area contributed by atoms with E-state index in [-0.39, 0.29) is 6.04 Å². The van der Waals surface area contributed by atoms with Crippen molar-refractivity contribution in [3.8, 4) is 0 Å². The molecule has 1 aliphatic rings. The van der Waals surface area contributed by atoms with E-state index in [0.717, 1.165) is 28.8 Å². The monoisotopic (exact) mass is 259 g/mol. The maximum atomic E-state index is 6.17. The van der Waals surface area contributed by atoms with Gasteiger partial charge in [0.1, 0.15) is 0 Å². The van der Waals surface area contributed by atoms with Gasteiger partial charge in [-0.15, -0.1) is 0 Å².